The molecular formula is C13H21N5. The molecule has 1 aliphatic carbocycles. The van der Waals surface area contributed by atoms with Gasteiger partial charge in [-0.15, -0.1) is 0 Å². The van der Waals surface area contributed by atoms with Gasteiger partial charge in [-0.25, -0.2) is 9.67 Å². The standard InChI is InChI=1S/C13H21N5/c1-3-18-12-11(9(2)16-18)15-13(14)17(12)8-10-6-4-5-7-10/h10H,3-8H2,1-2H3,(H2,14,15). The van der Waals surface area contributed by atoms with Crippen molar-refractivity contribution >= 4 is 17.1 Å². The summed E-state index contributed by atoms with van der Waals surface area (Å²) in [5.74, 6) is 1.39. The number of anilines is 1. The third-order valence-corrected chi connectivity index (χ3v) is 4.04. The Morgan fingerprint density at radius 3 is 2.72 bits per heavy atom. The molecule has 0 saturated heterocycles. The van der Waals surface area contributed by atoms with E-state index in [-0.39, 0.29) is 0 Å². The van der Waals surface area contributed by atoms with Gasteiger partial charge in [-0.05, 0) is 32.6 Å². The largest absolute Gasteiger partial charge is 0.369 e. The van der Waals surface area contributed by atoms with Crippen molar-refractivity contribution in [1.29, 1.82) is 0 Å². The molecule has 1 saturated carbocycles. The molecule has 0 bridgehead atoms. The molecule has 5 heteroatoms. The zero-order valence-corrected chi connectivity index (χ0v) is 11.2. The molecule has 18 heavy (non-hydrogen) atoms. The predicted octanol–water partition coefficient (Wildman–Crippen LogP) is 2.33. The van der Waals surface area contributed by atoms with Crippen molar-refractivity contribution in [3.8, 4) is 0 Å². The lowest BCUT2D eigenvalue weighted by Crippen LogP contribution is -2.13. The second-order valence-electron chi connectivity index (χ2n) is 5.30. The van der Waals surface area contributed by atoms with Crippen LogP contribution < -0.4 is 5.73 Å². The fourth-order valence-electron chi connectivity index (χ4n) is 3.09. The van der Waals surface area contributed by atoms with Gasteiger partial charge in [-0.2, -0.15) is 5.10 Å². The van der Waals surface area contributed by atoms with E-state index in [2.05, 4.69) is 21.6 Å². The Morgan fingerprint density at radius 1 is 1.33 bits per heavy atom. The van der Waals surface area contributed by atoms with Crippen LogP contribution in [0.15, 0.2) is 0 Å². The van der Waals surface area contributed by atoms with E-state index >= 15 is 0 Å². The van der Waals surface area contributed by atoms with Crippen molar-refractivity contribution in [2.75, 3.05) is 5.73 Å². The summed E-state index contributed by atoms with van der Waals surface area (Å²) in [5.41, 5.74) is 9.12. The smallest absolute Gasteiger partial charge is 0.202 e. The molecule has 0 radical (unpaired) electrons. The molecule has 0 aliphatic heterocycles. The highest BCUT2D eigenvalue weighted by Gasteiger charge is 2.21. The van der Waals surface area contributed by atoms with Crippen LogP contribution in [0.5, 0.6) is 0 Å². The number of aryl methyl sites for hydroxylation is 2. The maximum atomic E-state index is 6.08. The molecule has 2 N–H and O–H groups in total. The summed E-state index contributed by atoms with van der Waals surface area (Å²) >= 11 is 0. The minimum Gasteiger partial charge on any atom is -0.369 e. The van der Waals surface area contributed by atoms with Crippen molar-refractivity contribution in [2.24, 2.45) is 5.92 Å². The Hall–Kier alpha value is -1.52. The Kier molecular flexibility index (Phi) is 2.76. The number of fused-ring (bicyclic) bond motifs is 1. The van der Waals surface area contributed by atoms with E-state index in [9.17, 15) is 0 Å². The van der Waals surface area contributed by atoms with Crippen LogP contribution >= 0.6 is 0 Å². The molecule has 0 aromatic carbocycles. The summed E-state index contributed by atoms with van der Waals surface area (Å²) in [5, 5.41) is 4.52. The highest BCUT2D eigenvalue weighted by Crippen LogP contribution is 2.29. The topological polar surface area (TPSA) is 61.7 Å². The first-order chi connectivity index (χ1) is 8.70. The molecule has 0 atom stereocenters. The van der Waals surface area contributed by atoms with Gasteiger partial charge < -0.3 is 5.73 Å². The van der Waals surface area contributed by atoms with E-state index in [1.54, 1.807) is 0 Å². The van der Waals surface area contributed by atoms with Crippen molar-refractivity contribution < 1.29 is 0 Å². The maximum Gasteiger partial charge on any atom is 0.202 e. The number of hydrogen-bond donors (Lipinski definition) is 1. The molecule has 2 aromatic rings. The number of hydrogen-bond acceptors (Lipinski definition) is 3. The van der Waals surface area contributed by atoms with Crippen molar-refractivity contribution in [2.45, 2.75) is 52.6 Å². The average molecular weight is 247 g/mol. The second-order valence-corrected chi connectivity index (χ2v) is 5.30. The third-order valence-electron chi connectivity index (χ3n) is 4.04. The molecule has 0 spiro atoms. The lowest BCUT2D eigenvalue weighted by Gasteiger charge is -2.12. The molecule has 2 heterocycles. The fraction of sp³-hybridized carbons (Fsp3) is 0.692. The quantitative estimate of drug-likeness (QED) is 0.905. The SMILES string of the molecule is CCn1nc(C)c2nc(N)n(CC3CCCC3)c21. The zero-order chi connectivity index (χ0) is 12.7. The van der Waals surface area contributed by atoms with E-state index in [0.29, 0.717) is 5.95 Å². The minimum absolute atomic E-state index is 0.639. The van der Waals surface area contributed by atoms with Gasteiger partial charge in [0, 0.05) is 13.1 Å². The van der Waals surface area contributed by atoms with Crippen molar-refractivity contribution in [3.05, 3.63) is 5.69 Å². The van der Waals surface area contributed by atoms with Crippen molar-refractivity contribution in [3.63, 3.8) is 0 Å². The number of nitrogen functional groups attached to an aromatic ring is 1. The number of nitrogens with zero attached hydrogens (tertiary/aromatic N) is 4. The van der Waals surface area contributed by atoms with Gasteiger partial charge in [0.25, 0.3) is 0 Å². The molecule has 0 unspecified atom stereocenters. The monoisotopic (exact) mass is 247 g/mol. The number of aromatic nitrogens is 4. The van der Waals surface area contributed by atoms with E-state index in [4.69, 9.17) is 5.73 Å². The molecule has 0 amide bonds. The second kappa shape index (κ2) is 4.30. The molecule has 5 nitrogen and oxygen atoms in total. The Bertz CT molecular complexity index is 559. The molecule has 1 fully saturated rings. The predicted molar refractivity (Wildman–Crippen MR) is 72.3 cm³/mol. The van der Waals surface area contributed by atoms with Crippen LogP contribution in [0.1, 0.15) is 38.3 Å². The van der Waals surface area contributed by atoms with Gasteiger partial charge in [0.05, 0.1) is 5.69 Å². The van der Waals surface area contributed by atoms with E-state index < -0.39 is 0 Å². The first kappa shape index (κ1) is 11.6. The van der Waals surface area contributed by atoms with Crippen LogP contribution in [0.25, 0.3) is 11.2 Å². The highest BCUT2D eigenvalue weighted by molar-refractivity contribution is 5.77. The summed E-state index contributed by atoms with van der Waals surface area (Å²) in [6, 6.07) is 0. The summed E-state index contributed by atoms with van der Waals surface area (Å²) in [6.45, 7) is 5.96. The normalized spacial score (nSPS) is 17.0. The van der Waals surface area contributed by atoms with Crippen LogP contribution in [0.2, 0.25) is 0 Å². The molecule has 98 valence electrons. The summed E-state index contributed by atoms with van der Waals surface area (Å²) in [7, 11) is 0. The molecule has 2 aromatic heterocycles. The number of nitrogens with two attached hydrogens (primary N) is 1. The average Bonchev–Trinajstić information content (AvgIpc) is 3.02. The van der Waals surface area contributed by atoms with E-state index in [0.717, 1.165) is 35.9 Å². The summed E-state index contributed by atoms with van der Waals surface area (Å²) in [4.78, 5) is 4.48. The number of rotatable bonds is 3. The van der Waals surface area contributed by atoms with Crippen molar-refractivity contribution in [1.82, 2.24) is 19.3 Å². The Balaban J connectivity index is 2.05. The lowest BCUT2D eigenvalue weighted by atomic mass is 10.1. The Morgan fingerprint density at radius 2 is 2.06 bits per heavy atom. The van der Waals surface area contributed by atoms with Gasteiger partial charge in [0.2, 0.25) is 5.95 Å². The Labute approximate surface area is 107 Å². The maximum absolute atomic E-state index is 6.08. The third kappa shape index (κ3) is 1.69. The van der Waals surface area contributed by atoms with E-state index in [1.807, 2.05) is 11.6 Å². The first-order valence-corrected chi connectivity index (χ1v) is 6.89. The van der Waals surface area contributed by atoms with Gasteiger partial charge in [0.1, 0.15) is 5.52 Å². The lowest BCUT2D eigenvalue weighted by molar-refractivity contribution is 0.461. The number of imidazole rings is 1. The van der Waals surface area contributed by atoms with Gasteiger partial charge in [-0.3, -0.25) is 4.57 Å². The van der Waals surface area contributed by atoms with Crippen LogP contribution in [-0.4, -0.2) is 19.3 Å². The van der Waals surface area contributed by atoms with Gasteiger partial charge in [-0.1, -0.05) is 12.8 Å². The van der Waals surface area contributed by atoms with E-state index in [1.165, 1.54) is 25.7 Å². The van der Waals surface area contributed by atoms with Crippen LogP contribution in [-0.2, 0) is 13.1 Å². The van der Waals surface area contributed by atoms with Gasteiger partial charge >= 0.3 is 0 Å². The molecule has 3 rings (SSSR count). The van der Waals surface area contributed by atoms with Crippen LogP contribution in [0, 0.1) is 12.8 Å². The molecule has 1 aliphatic rings. The highest BCUT2D eigenvalue weighted by atomic mass is 15.4. The fourth-order valence-corrected chi connectivity index (χ4v) is 3.09. The first-order valence-electron chi connectivity index (χ1n) is 6.89. The van der Waals surface area contributed by atoms with Crippen LogP contribution in [0.3, 0.4) is 0 Å². The summed E-state index contributed by atoms with van der Waals surface area (Å²) < 4.78 is 4.18. The van der Waals surface area contributed by atoms with Crippen LogP contribution in [0.4, 0.5) is 5.95 Å². The van der Waals surface area contributed by atoms with Gasteiger partial charge in [0.15, 0.2) is 5.65 Å². The summed E-state index contributed by atoms with van der Waals surface area (Å²) in [6.07, 6.45) is 5.35. The zero-order valence-electron chi connectivity index (χ0n) is 11.2. The molecular weight excluding hydrogens is 226 g/mol. The minimum atomic E-state index is 0.639.